The van der Waals surface area contributed by atoms with Crippen LogP contribution in [0.5, 0.6) is 0 Å². The third kappa shape index (κ3) is 11.0. The highest BCUT2D eigenvalue weighted by atomic mass is 127. The molecule has 2 aliphatic rings. The van der Waals surface area contributed by atoms with E-state index in [1.54, 1.807) is 0 Å². The van der Waals surface area contributed by atoms with Crippen molar-refractivity contribution in [1.29, 1.82) is 0 Å². The summed E-state index contributed by atoms with van der Waals surface area (Å²) >= 11 is 0. The molecule has 166 valence electrons. The molecular weight excluding hydrogens is 486 g/mol. The number of nitrogens with one attached hydrogen (secondary N) is 2. The zero-order chi connectivity index (χ0) is 19.5. The van der Waals surface area contributed by atoms with Crippen LogP contribution in [0.15, 0.2) is 4.99 Å². The molecule has 2 fully saturated rings. The minimum atomic E-state index is -4.09. The summed E-state index contributed by atoms with van der Waals surface area (Å²) in [5, 5.41) is 6.62. The smallest absolute Gasteiger partial charge is 0.379 e. The molecule has 2 aliphatic heterocycles. The average Bonchev–Trinajstić information content (AvgIpc) is 2.63. The number of hydrogen-bond donors (Lipinski definition) is 2. The molecule has 0 aromatic heterocycles. The Labute approximate surface area is 183 Å². The van der Waals surface area contributed by atoms with Crippen molar-refractivity contribution < 1.29 is 17.9 Å². The third-order valence-corrected chi connectivity index (χ3v) is 5.09. The third-order valence-electron chi connectivity index (χ3n) is 5.09. The molecule has 0 unspecified atom stereocenters. The lowest BCUT2D eigenvalue weighted by atomic mass is 9.93. The Balaban J connectivity index is 0.00000392. The molecule has 0 aliphatic carbocycles. The van der Waals surface area contributed by atoms with E-state index < -0.39 is 12.7 Å². The van der Waals surface area contributed by atoms with Crippen molar-refractivity contribution in [2.24, 2.45) is 10.9 Å². The van der Waals surface area contributed by atoms with Crippen LogP contribution in [0.2, 0.25) is 0 Å². The summed E-state index contributed by atoms with van der Waals surface area (Å²) in [7, 11) is 0. The molecule has 28 heavy (non-hydrogen) atoms. The minimum Gasteiger partial charge on any atom is -0.379 e. The monoisotopic (exact) mass is 521 g/mol. The van der Waals surface area contributed by atoms with Crippen LogP contribution in [0.25, 0.3) is 0 Å². The zero-order valence-corrected chi connectivity index (χ0v) is 19.1. The van der Waals surface area contributed by atoms with E-state index in [2.05, 4.69) is 20.5 Å². The second-order valence-electron chi connectivity index (χ2n) is 7.26. The van der Waals surface area contributed by atoms with E-state index in [4.69, 9.17) is 4.74 Å². The molecule has 0 saturated carbocycles. The zero-order valence-electron chi connectivity index (χ0n) is 16.8. The second-order valence-corrected chi connectivity index (χ2v) is 7.26. The molecule has 0 amide bonds. The van der Waals surface area contributed by atoms with Crippen molar-refractivity contribution in [2.75, 3.05) is 72.1 Å². The Morgan fingerprint density at radius 2 is 1.75 bits per heavy atom. The molecule has 0 radical (unpaired) electrons. The number of morpholine rings is 1. The number of halogens is 4. The van der Waals surface area contributed by atoms with Crippen LogP contribution in [-0.4, -0.2) is 94.1 Å². The predicted octanol–water partition coefficient (Wildman–Crippen LogP) is 2.16. The molecule has 2 rings (SSSR count). The van der Waals surface area contributed by atoms with Gasteiger partial charge in [0.25, 0.3) is 0 Å². The van der Waals surface area contributed by atoms with Gasteiger partial charge >= 0.3 is 6.18 Å². The van der Waals surface area contributed by atoms with Gasteiger partial charge in [0.2, 0.25) is 0 Å². The fourth-order valence-electron chi connectivity index (χ4n) is 3.54. The van der Waals surface area contributed by atoms with Gasteiger partial charge in [-0.1, -0.05) is 0 Å². The summed E-state index contributed by atoms with van der Waals surface area (Å²) in [6.45, 7) is 9.18. The Kier molecular flexibility index (Phi) is 12.7. The van der Waals surface area contributed by atoms with Crippen LogP contribution in [0, 0.1) is 5.92 Å². The van der Waals surface area contributed by atoms with Crippen molar-refractivity contribution in [3.8, 4) is 0 Å². The second kappa shape index (κ2) is 13.8. The highest BCUT2D eigenvalue weighted by molar-refractivity contribution is 14.0. The van der Waals surface area contributed by atoms with Crippen molar-refractivity contribution in [3.63, 3.8) is 0 Å². The molecular formula is C18H35F3IN5O. The summed E-state index contributed by atoms with van der Waals surface area (Å²) in [6.07, 6.45) is -1.51. The lowest BCUT2D eigenvalue weighted by Crippen LogP contribution is -2.44. The van der Waals surface area contributed by atoms with E-state index in [1.165, 1.54) is 4.90 Å². The number of guanidine groups is 1. The number of nitrogens with zero attached hydrogens (tertiary/aromatic N) is 3. The van der Waals surface area contributed by atoms with E-state index in [-0.39, 0.29) is 24.0 Å². The number of alkyl halides is 3. The van der Waals surface area contributed by atoms with Gasteiger partial charge in [-0.3, -0.25) is 14.8 Å². The van der Waals surface area contributed by atoms with Crippen molar-refractivity contribution in [1.82, 2.24) is 20.4 Å². The first-order valence-corrected chi connectivity index (χ1v) is 10.1. The molecule has 2 N–H and O–H groups in total. The van der Waals surface area contributed by atoms with Gasteiger partial charge in [0, 0.05) is 39.3 Å². The van der Waals surface area contributed by atoms with Crippen LogP contribution in [0.4, 0.5) is 13.2 Å². The van der Waals surface area contributed by atoms with E-state index in [1.807, 2.05) is 6.92 Å². The quantitative estimate of drug-likeness (QED) is 0.292. The summed E-state index contributed by atoms with van der Waals surface area (Å²) in [5.74, 6) is 1.29. The molecule has 10 heteroatoms. The van der Waals surface area contributed by atoms with Crippen LogP contribution in [-0.2, 0) is 4.74 Å². The van der Waals surface area contributed by atoms with Gasteiger partial charge in [0.1, 0.15) is 0 Å². The van der Waals surface area contributed by atoms with Gasteiger partial charge in [-0.2, -0.15) is 13.2 Å². The maximum Gasteiger partial charge on any atom is 0.401 e. The Bertz CT molecular complexity index is 439. The van der Waals surface area contributed by atoms with Crippen molar-refractivity contribution in [3.05, 3.63) is 0 Å². The van der Waals surface area contributed by atoms with Crippen molar-refractivity contribution >= 4 is 29.9 Å². The highest BCUT2D eigenvalue weighted by Gasteiger charge is 2.32. The molecule has 0 bridgehead atoms. The summed E-state index contributed by atoms with van der Waals surface area (Å²) < 4.78 is 42.7. The number of ether oxygens (including phenoxy) is 1. The topological polar surface area (TPSA) is 52.1 Å². The number of aliphatic imine (C=N–C) groups is 1. The Morgan fingerprint density at radius 1 is 1.07 bits per heavy atom. The first-order chi connectivity index (χ1) is 13.0. The SMILES string of the molecule is CCNC(=NCCC1CCN(CC(F)(F)F)CC1)NCCN1CCOCC1.I. The van der Waals surface area contributed by atoms with Crippen LogP contribution in [0.3, 0.4) is 0 Å². The predicted molar refractivity (Wildman–Crippen MR) is 116 cm³/mol. The van der Waals surface area contributed by atoms with E-state index in [9.17, 15) is 13.2 Å². The number of likely N-dealkylation sites (tertiary alicyclic amines) is 1. The van der Waals surface area contributed by atoms with E-state index >= 15 is 0 Å². The normalized spacial score (nSPS) is 20.6. The summed E-state index contributed by atoms with van der Waals surface area (Å²) in [6, 6.07) is 0. The maximum absolute atomic E-state index is 12.4. The van der Waals surface area contributed by atoms with Gasteiger partial charge in [0.05, 0.1) is 19.8 Å². The number of hydrogen-bond acceptors (Lipinski definition) is 4. The molecule has 0 aromatic carbocycles. The lowest BCUT2D eigenvalue weighted by molar-refractivity contribution is -0.148. The van der Waals surface area contributed by atoms with Gasteiger partial charge < -0.3 is 15.4 Å². The van der Waals surface area contributed by atoms with Crippen LogP contribution < -0.4 is 10.6 Å². The van der Waals surface area contributed by atoms with Crippen molar-refractivity contribution in [2.45, 2.75) is 32.4 Å². The highest BCUT2D eigenvalue weighted by Crippen LogP contribution is 2.24. The standard InChI is InChI=1S/C18H34F3N5O.HI/c1-2-22-17(24-7-10-25-11-13-27-14-12-25)23-6-3-16-4-8-26(9-5-16)15-18(19,20)21;/h16H,2-15H2,1H3,(H2,22,23,24);1H. The first kappa shape index (κ1) is 25.7. The molecule has 6 nitrogen and oxygen atoms in total. The fourth-order valence-corrected chi connectivity index (χ4v) is 3.54. The Hall–Kier alpha value is -0.330. The van der Waals surface area contributed by atoms with E-state index in [0.717, 1.165) is 71.2 Å². The largest absolute Gasteiger partial charge is 0.401 e. The van der Waals surface area contributed by atoms with E-state index in [0.29, 0.717) is 25.6 Å². The van der Waals surface area contributed by atoms with Crippen LogP contribution in [0.1, 0.15) is 26.2 Å². The summed E-state index contributed by atoms with van der Waals surface area (Å²) in [5.41, 5.74) is 0. The maximum atomic E-state index is 12.4. The van der Waals surface area contributed by atoms with Gasteiger partial charge in [0.15, 0.2) is 5.96 Å². The fraction of sp³-hybridized carbons (Fsp3) is 0.944. The molecule has 2 heterocycles. The molecule has 0 atom stereocenters. The summed E-state index contributed by atoms with van der Waals surface area (Å²) in [4.78, 5) is 8.51. The van der Waals surface area contributed by atoms with Gasteiger partial charge in [-0.15, -0.1) is 24.0 Å². The molecule has 2 saturated heterocycles. The Morgan fingerprint density at radius 3 is 2.36 bits per heavy atom. The first-order valence-electron chi connectivity index (χ1n) is 10.1. The molecule has 0 aromatic rings. The minimum absolute atomic E-state index is 0. The van der Waals surface area contributed by atoms with Gasteiger partial charge in [-0.05, 0) is 45.2 Å². The number of rotatable bonds is 8. The van der Waals surface area contributed by atoms with Crippen LogP contribution >= 0.6 is 24.0 Å². The lowest BCUT2D eigenvalue weighted by Gasteiger charge is -2.32. The molecule has 0 spiro atoms. The van der Waals surface area contributed by atoms with Gasteiger partial charge in [-0.25, -0.2) is 0 Å². The number of piperidine rings is 1. The average molecular weight is 521 g/mol.